The summed E-state index contributed by atoms with van der Waals surface area (Å²) in [4.78, 5) is 35.7. The Morgan fingerprint density at radius 2 is 1.67 bits per heavy atom. The molecule has 9 nitrogen and oxygen atoms in total. The first-order chi connectivity index (χ1) is 19.8. The van der Waals surface area contributed by atoms with Gasteiger partial charge in [-0.3, -0.25) is 4.79 Å². The number of likely N-dealkylation sites (tertiary alicyclic amines) is 2. The van der Waals surface area contributed by atoms with Crippen LogP contribution in [-0.4, -0.2) is 86.5 Å². The van der Waals surface area contributed by atoms with Crippen LogP contribution in [0.25, 0.3) is 0 Å². The molecular formula is C32H43N3O6S. The summed E-state index contributed by atoms with van der Waals surface area (Å²) < 4.78 is 28.9. The number of rotatable bonds is 7. The van der Waals surface area contributed by atoms with Crippen molar-refractivity contribution in [2.75, 3.05) is 45.5 Å². The van der Waals surface area contributed by atoms with Crippen LogP contribution in [0.3, 0.4) is 0 Å². The van der Waals surface area contributed by atoms with E-state index in [4.69, 9.17) is 9.57 Å². The zero-order valence-corrected chi connectivity index (χ0v) is 25.9. The van der Waals surface area contributed by atoms with E-state index in [2.05, 4.69) is 29.2 Å². The fourth-order valence-corrected chi connectivity index (χ4v) is 7.24. The van der Waals surface area contributed by atoms with Gasteiger partial charge in [0.1, 0.15) is 5.60 Å². The predicted octanol–water partition coefficient (Wildman–Crippen LogP) is 4.49. The SMILES string of the molecule is CC(C)(C)OC(=O)ON1C[C@H](CN2CCC3(CC2)CC(=O)N(Cc2ccc(S(C)(=O)=O)cc2)C3)[C@@H](c2ccccc2)C1. The van der Waals surface area contributed by atoms with Crippen molar-refractivity contribution in [2.45, 2.75) is 63.0 Å². The summed E-state index contributed by atoms with van der Waals surface area (Å²) in [5, 5.41) is 1.75. The van der Waals surface area contributed by atoms with Gasteiger partial charge in [-0.1, -0.05) is 42.5 Å². The molecule has 1 amide bonds. The second-order valence-electron chi connectivity index (χ2n) is 13.3. The molecule has 5 rings (SSSR count). The molecule has 1 spiro atoms. The minimum atomic E-state index is -3.24. The van der Waals surface area contributed by atoms with Crippen molar-refractivity contribution < 1.29 is 27.6 Å². The molecule has 0 saturated carbocycles. The molecule has 42 heavy (non-hydrogen) atoms. The quantitative estimate of drug-likeness (QED) is 0.431. The van der Waals surface area contributed by atoms with E-state index in [1.165, 1.54) is 11.8 Å². The standard InChI is InChI=1S/C32H43N3O6S/c1-31(2,3)40-30(37)41-35-21-26(28(22-35)25-8-6-5-7-9-25)20-33-16-14-32(15-17-33)18-29(36)34(23-32)19-24-10-12-27(13-11-24)42(4,38)39/h5-13,26,28H,14-23H2,1-4H3/t26-,28+/m0/s1. The lowest BCUT2D eigenvalue weighted by Crippen LogP contribution is -2.44. The number of nitrogens with zero attached hydrogens (tertiary/aromatic N) is 3. The van der Waals surface area contributed by atoms with Crippen molar-refractivity contribution in [3.05, 3.63) is 65.7 Å². The number of ether oxygens (including phenoxy) is 1. The minimum absolute atomic E-state index is 0.0132. The fourth-order valence-electron chi connectivity index (χ4n) is 6.61. The van der Waals surface area contributed by atoms with Crippen LogP contribution >= 0.6 is 0 Å². The molecule has 2 aromatic rings. The van der Waals surface area contributed by atoms with Gasteiger partial charge in [0, 0.05) is 51.3 Å². The van der Waals surface area contributed by atoms with Gasteiger partial charge >= 0.3 is 6.16 Å². The highest BCUT2D eigenvalue weighted by Gasteiger charge is 2.46. The number of piperidine rings is 1. The number of hydrogen-bond acceptors (Lipinski definition) is 8. The second kappa shape index (κ2) is 12.0. The average Bonchev–Trinajstić information content (AvgIpc) is 3.44. The molecule has 10 heteroatoms. The summed E-state index contributed by atoms with van der Waals surface area (Å²) >= 11 is 0. The van der Waals surface area contributed by atoms with E-state index in [1.54, 1.807) is 29.3 Å². The monoisotopic (exact) mass is 597 g/mol. The Morgan fingerprint density at radius 3 is 2.29 bits per heavy atom. The fraction of sp³-hybridized carbons (Fsp3) is 0.562. The lowest BCUT2D eigenvalue weighted by atomic mass is 9.77. The number of hydroxylamine groups is 2. The van der Waals surface area contributed by atoms with Crippen LogP contribution in [0, 0.1) is 11.3 Å². The molecule has 0 aliphatic carbocycles. The van der Waals surface area contributed by atoms with Crippen molar-refractivity contribution in [1.29, 1.82) is 0 Å². The number of hydrogen-bond donors (Lipinski definition) is 0. The Morgan fingerprint density at radius 1 is 1.00 bits per heavy atom. The molecule has 0 aromatic heterocycles. The maximum Gasteiger partial charge on any atom is 0.528 e. The average molecular weight is 598 g/mol. The van der Waals surface area contributed by atoms with Crippen molar-refractivity contribution in [2.24, 2.45) is 11.3 Å². The maximum atomic E-state index is 13.0. The molecule has 3 aliphatic rings. The van der Waals surface area contributed by atoms with Crippen LogP contribution < -0.4 is 0 Å². The third kappa shape index (κ3) is 7.51. The number of carbonyl (C=O) groups is 2. The Kier molecular flexibility index (Phi) is 8.70. The van der Waals surface area contributed by atoms with Gasteiger partial charge in [-0.15, -0.1) is 5.06 Å². The number of benzene rings is 2. The highest BCUT2D eigenvalue weighted by atomic mass is 32.2. The normalized spacial score (nSPS) is 23.4. The molecule has 3 saturated heterocycles. The summed E-state index contributed by atoms with van der Waals surface area (Å²) in [5.41, 5.74) is 1.56. The van der Waals surface area contributed by atoms with E-state index in [9.17, 15) is 18.0 Å². The smallest absolute Gasteiger partial charge is 0.427 e. The minimum Gasteiger partial charge on any atom is -0.427 e. The first-order valence-electron chi connectivity index (χ1n) is 14.8. The van der Waals surface area contributed by atoms with Gasteiger partial charge < -0.3 is 19.4 Å². The molecule has 228 valence electrons. The molecule has 0 bridgehead atoms. The molecule has 3 heterocycles. The van der Waals surface area contributed by atoms with Crippen LogP contribution in [0.2, 0.25) is 0 Å². The lowest BCUT2D eigenvalue weighted by molar-refractivity contribution is -0.132. The van der Waals surface area contributed by atoms with Crippen LogP contribution in [-0.2, 0) is 30.8 Å². The van der Waals surface area contributed by atoms with Gasteiger partial charge in [-0.25, -0.2) is 13.2 Å². The lowest BCUT2D eigenvalue weighted by Gasteiger charge is -2.40. The Bertz CT molecular complexity index is 1370. The molecule has 2 atom stereocenters. The van der Waals surface area contributed by atoms with E-state index >= 15 is 0 Å². The summed E-state index contributed by atoms with van der Waals surface area (Å²) in [6.07, 6.45) is 3.02. The molecule has 0 unspecified atom stereocenters. The highest BCUT2D eigenvalue weighted by molar-refractivity contribution is 7.90. The summed E-state index contributed by atoms with van der Waals surface area (Å²) in [6, 6.07) is 17.3. The zero-order valence-electron chi connectivity index (χ0n) is 25.1. The van der Waals surface area contributed by atoms with Gasteiger partial charge in [0.05, 0.1) is 4.90 Å². The van der Waals surface area contributed by atoms with E-state index in [1.807, 2.05) is 31.7 Å². The third-order valence-electron chi connectivity index (χ3n) is 8.77. The van der Waals surface area contributed by atoms with Crippen LogP contribution in [0.15, 0.2) is 59.5 Å². The van der Waals surface area contributed by atoms with Crippen LogP contribution in [0.5, 0.6) is 0 Å². The zero-order chi connectivity index (χ0) is 30.1. The van der Waals surface area contributed by atoms with E-state index < -0.39 is 21.6 Å². The largest absolute Gasteiger partial charge is 0.528 e. The van der Waals surface area contributed by atoms with Crippen molar-refractivity contribution in [3.63, 3.8) is 0 Å². The number of sulfone groups is 1. The Balaban J connectivity index is 1.17. The van der Waals surface area contributed by atoms with Crippen molar-refractivity contribution in [1.82, 2.24) is 14.9 Å². The van der Waals surface area contributed by atoms with Gasteiger partial charge in [0.2, 0.25) is 5.91 Å². The first-order valence-corrected chi connectivity index (χ1v) is 16.7. The van der Waals surface area contributed by atoms with Crippen LogP contribution in [0.4, 0.5) is 4.79 Å². The third-order valence-corrected chi connectivity index (χ3v) is 9.90. The molecular weight excluding hydrogens is 554 g/mol. The van der Waals surface area contributed by atoms with Crippen molar-refractivity contribution in [3.8, 4) is 0 Å². The molecule has 0 N–H and O–H groups in total. The first kappa shape index (κ1) is 30.5. The van der Waals surface area contributed by atoms with Gasteiger partial charge in [0.25, 0.3) is 0 Å². The van der Waals surface area contributed by atoms with E-state index in [-0.39, 0.29) is 17.2 Å². The second-order valence-corrected chi connectivity index (χ2v) is 15.3. The number of amides is 1. The Labute approximate surface area is 249 Å². The predicted molar refractivity (Wildman–Crippen MR) is 159 cm³/mol. The summed E-state index contributed by atoms with van der Waals surface area (Å²) in [5.74, 6) is 0.702. The van der Waals surface area contributed by atoms with Gasteiger partial charge in [-0.05, 0) is 81.3 Å². The van der Waals surface area contributed by atoms with Gasteiger partial charge in [0.15, 0.2) is 9.84 Å². The van der Waals surface area contributed by atoms with Crippen LogP contribution in [0.1, 0.15) is 57.1 Å². The summed E-state index contributed by atoms with van der Waals surface area (Å²) in [7, 11) is -3.24. The highest BCUT2D eigenvalue weighted by Crippen LogP contribution is 2.42. The Hall–Kier alpha value is -2.95. The molecule has 0 radical (unpaired) electrons. The molecule has 2 aromatic carbocycles. The molecule has 3 aliphatic heterocycles. The van der Waals surface area contributed by atoms with Gasteiger partial charge in [-0.2, -0.15) is 0 Å². The topological polar surface area (TPSA) is 96.5 Å². The van der Waals surface area contributed by atoms with E-state index in [0.717, 1.165) is 44.6 Å². The van der Waals surface area contributed by atoms with Crippen molar-refractivity contribution >= 4 is 21.9 Å². The number of carbonyl (C=O) groups excluding carboxylic acids is 2. The summed E-state index contributed by atoms with van der Waals surface area (Å²) in [6.45, 7) is 10.7. The van der Waals surface area contributed by atoms with E-state index in [0.29, 0.717) is 36.9 Å². The maximum absolute atomic E-state index is 13.0. The molecule has 3 fully saturated rings.